The zero-order valence-electron chi connectivity index (χ0n) is 10.1. The molecule has 0 bridgehead atoms. The molecule has 0 unspecified atom stereocenters. The Bertz CT molecular complexity index is 590. The van der Waals surface area contributed by atoms with Crippen LogP contribution in [-0.2, 0) is 6.54 Å². The number of hydrogen-bond donors (Lipinski definition) is 2. The molecule has 0 aliphatic heterocycles. The summed E-state index contributed by atoms with van der Waals surface area (Å²) in [4.78, 5) is 11.8. The van der Waals surface area contributed by atoms with E-state index in [-0.39, 0.29) is 5.56 Å². The highest BCUT2D eigenvalue weighted by atomic mass is 16.4. The van der Waals surface area contributed by atoms with Gasteiger partial charge >= 0.3 is 7.12 Å². The molecule has 18 heavy (non-hydrogen) atoms. The van der Waals surface area contributed by atoms with Gasteiger partial charge < -0.3 is 14.6 Å². The van der Waals surface area contributed by atoms with Gasteiger partial charge in [-0.15, -0.1) is 0 Å². The number of aryl methyl sites for hydroxylation is 1. The fourth-order valence-electron chi connectivity index (χ4n) is 1.77. The predicted octanol–water partition coefficient (Wildman–Crippen LogP) is -0.115. The average molecular weight is 243 g/mol. The van der Waals surface area contributed by atoms with E-state index in [1.165, 1.54) is 0 Å². The highest BCUT2D eigenvalue weighted by molar-refractivity contribution is 6.58. The Kier molecular flexibility index (Phi) is 3.65. The zero-order chi connectivity index (χ0) is 13.1. The Morgan fingerprint density at radius 3 is 2.44 bits per heavy atom. The molecular weight excluding hydrogens is 229 g/mol. The normalized spacial score (nSPS) is 10.4. The number of rotatable bonds is 3. The van der Waals surface area contributed by atoms with Gasteiger partial charge in [0, 0.05) is 11.8 Å². The predicted molar refractivity (Wildman–Crippen MR) is 70.8 cm³/mol. The van der Waals surface area contributed by atoms with Crippen molar-refractivity contribution in [2.45, 2.75) is 13.5 Å². The highest BCUT2D eigenvalue weighted by Crippen LogP contribution is 2.00. The molecule has 0 aliphatic rings. The third-order valence-electron chi connectivity index (χ3n) is 2.84. The lowest BCUT2D eigenvalue weighted by molar-refractivity contribution is 0.426. The van der Waals surface area contributed by atoms with Gasteiger partial charge in [0.15, 0.2) is 0 Å². The fraction of sp³-hybridized carbons (Fsp3) is 0.154. The van der Waals surface area contributed by atoms with Crippen molar-refractivity contribution in [3.63, 3.8) is 0 Å². The average Bonchev–Trinajstić information content (AvgIpc) is 2.36. The molecule has 0 saturated carbocycles. The monoisotopic (exact) mass is 243 g/mol. The van der Waals surface area contributed by atoms with Crippen molar-refractivity contribution in [3.8, 4) is 0 Å². The van der Waals surface area contributed by atoms with Gasteiger partial charge in [0.25, 0.3) is 5.56 Å². The standard InChI is InChI=1S/C13H14BNO3/c1-10-3-2-8-15(13(10)16)9-11-4-6-12(7-5-11)14(17)18/h2-8,17-18H,9H2,1H3. The van der Waals surface area contributed by atoms with Crippen LogP contribution in [0.4, 0.5) is 0 Å². The van der Waals surface area contributed by atoms with E-state index in [2.05, 4.69) is 0 Å². The van der Waals surface area contributed by atoms with Gasteiger partial charge in [-0.3, -0.25) is 4.79 Å². The summed E-state index contributed by atoms with van der Waals surface area (Å²) < 4.78 is 1.62. The van der Waals surface area contributed by atoms with E-state index < -0.39 is 7.12 Å². The second kappa shape index (κ2) is 5.20. The Balaban J connectivity index is 2.24. The van der Waals surface area contributed by atoms with Crippen LogP contribution in [0.15, 0.2) is 47.4 Å². The van der Waals surface area contributed by atoms with Crippen LogP contribution in [0.1, 0.15) is 11.1 Å². The minimum atomic E-state index is -1.46. The molecular formula is C13H14BNO3. The molecule has 5 heteroatoms. The van der Waals surface area contributed by atoms with Crippen LogP contribution in [0.5, 0.6) is 0 Å². The lowest BCUT2D eigenvalue weighted by atomic mass is 9.80. The van der Waals surface area contributed by atoms with Crippen molar-refractivity contribution in [3.05, 3.63) is 64.1 Å². The van der Waals surface area contributed by atoms with Gasteiger partial charge in [0.1, 0.15) is 0 Å². The molecule has 0 spiro atoms. The SMILES string of the molecule is Cc1cccn(Cc2ccc(B(O)O)cc2)c1=O. The highest BCUT2D eigenvalue weighted by Gasteiger charge is 2.09. The molecule has 0 radical (unpaired) electrons. The number of aromatic nitrogens is 1. The second-order valence-electron chi connectivity index (χ2n) is 4.24. The zero-order valence-corrected chi connectivity index (χ0v) is 10.1. The van der Waals surface area contributed by atoms with Crippen molar-refractivity contribution >= 4 is 12.6 Å². The van der Waals surface area contributed by atoms with E-state index in [9.17, 15) is 4.79 Å². The first-order chi connectivity index (χ1) is 8.58. The first kappa shape index (κ1) is 12.6. The van der Waals surface area contributed by atoms with E-state index in [1.54, 1.807) is 48.0 Å². The summed E-state index contributed by atoms with van der Waals surface area (Å²) in [7, 11) is -1.46. The van der Waals surface area contributed by atoms with Crippen molar-refractivity contribution in [2.24, 2.45) is 0 Å². The molecule has 2 N–H and O–H groups in total. The number of nitrogens with zero attached hydrogens (tertiary/aromatic N) is 1. The summed E-state index contributed by atoms with van der Waals surface area (Å²) in [6.45, 7) is 2.26. The second-order valence-corrected chi connectivity index (χ2v) is 4.24. The lowest BCUT2D eigenvalue weighted by Gasteiger charge is -2.07. The first-order valence-electron chi connectivity index (χ1n) is 5.69. The number of hydrogen-bond acceptors (Lipinski definition) is 3. The number of benzene rings is 1. The maximum atomic E-state index is 11.8. The smallest absolute Gasteiger partial charge is 0.423 e. The van der Waals surface area contributed by atoms with Crippen LogP contribution in [0.2, 0.25) is 0 Å². The van der Waals surface area contributed by atoms with Gasteiger partial charge in [0.2, 0.25) is 0 Å². The van der Waals surface area contributed by atoms with E-state index in [1.807, 2.05) is 6.07 Å². The van der Waals surface area contributed by atoms with Crippen molar-refractivity contribution < 1.29 is 10.0 Å². The molecule has 1 heterocycles. The molecule has 0 saturated heterocycles. The van der Waals surface area contributed by atoms with E-state index >= 15 is 0 Å². The summed E-state index contributed by atoms with van der Waals surface area (Å²) in [6, 6.07) is 10.5. The van der Waals surface area contributed by atoms with E-state index in [4.69, 9.17) is 10.0 Å². The summed E-state index contributed by atoms with van der Waals surface area (Å²) in [5, 5.41) is 18.0. The maximum Gasteiger partial charge on any atom is 0.488 e. The van der Waals surface area contributed by atoms with Crippen molar-refractivity contribution in [2.75, 3.05) is 0 Å². The van der Waals surface area contributed by atoms with E-state index in [0.29, 0.717) is 17.6 Å². The summed E-state index contributed by atoms with van der Waals surface area (Å²) in [5.74, 6) is 0. The Labute approximate surface area is 105 Å². The molecule has 2 aromatic rings. The molecule has 0 aliphatic carbocycles. The molecule has 0 amide bonds. The summed E-state index contributed by atoms with van der Waals surface area (Å²) >= 11 is 0. The van der Waals surface area contributed by atoms with Gasteiger partial charge in [0.05, 0.1) is 6.54 Å². The van der Waals surface area contributed by atoms with Crippen LogP contribution in [0.25, 0.3) is 0 Å². The van der Waals surface area contributed by atoms with Crippen molar-refractivity contribution in [1.82, 2.24) is 4.57 Å². The fourth-order valence-corrected chi connectivity index (χ4v) is 1.77. The lowest BCUT2D eigenvalue weighted by Crippen LogP contribution is -2.29. The van der Waals surface area contributed by atoms with Gasteiger partial charge in [-0.05, 0) is 24.0 Å². The topological polar surface area (TPSA) is 62.5 Å². The largest absolute Gasteiger partial charge is 0.488 e. The molecule has 1 aromatic heterocycles. The number of pyridine rings is 1. The molecule has 92 valence electrons. The Morgan fingerprint density at radius 2 is 1.83 bits per heavy atom. The Hall–Kier alpha value is -1.85. The molecule has 0 fully saturated rings. The summed E-state index contributed by atoms with van der Waals surface area (Å²) in [6.07, 6.45) is 1.74. The van der Waals surface area contributed by atoms with Crippen LogP contribution in [0, 0.1) is 6.92 Å². The molecule has 0 atom stereocenters. The molecule has 4 nitrogen and oxygen atoms in total. The third kappa shape index (κ3) is 2.69. The quantitative estimate of drug-likeness (QED) is 0.739. The van der Waals surface area contributed by atoms with Gasteiger partial charge in [-0.25, -0.2) is 0 Å². The van der Waals surface area contributed by atoms with E-state index in [0.717, 1.165) is 5.56 Å². The third-order valence-corrected chi connectivity index (χ3v) is 2.84. The summed E-state index contributed by atoms with van der Waals surface area (Å²) in [5.41, 5.74) is 2.08. The minimum Gasteiger partial charge on any atom is -0.423 e. The van der Waals surface area contributed by atoms with Gasteiger partial charge in [-0.2, -0.15) is 0 Å². The van der Waals surface area contributed by atoms with Crippen LogP contribution >= 0.6 is 0 Å². The molecule has 2 rings (SSSR count). The maximum absolute atomic E-state index is 11.8. The van der Waals surface area contributed by atoms with Gasteiger partial charge in [-0.1, -0.05) is 30.3 Å². The molecule has 1 aromatic carbocycles. The van der Waals surface area contributed by atoms with Crippen molar-refractivity contribution in [1.29, 1.82) is 0 Å². The minimum absolute atomic E-state index is 0.0104. The van der Waals surface area contributed by atoms with Crippen LogP contribution in [0.3, 0.4) is 0 Å². The van der Waals surface area contributed by atoms with Crippen LogP contribution < -0.4 is 11.0 Å². The first-order valence-corrected chi connectivity index (χ1v) is 5.69. The van der Waals surface area contributed by atoms with Crippen LogP contribution in [-0.4, -0.2) is 21.7 Å². The Morgan fingerprint density at radius 1 is 1.17 bits per heavy atom.